The molecule has 0 saturated heterocycles. The van der Waals surface area contributed by atoms with Gasteiger partial charge in [-0.25, -0.2) is 0 Å². The third-order valence-corrected chi connectivity index (χ3v) is 3.19. The topological polar surface area (TPSA) is 38.7 Å². The Labute approximate surface area is 120 Å². The third-order valence-electron chi connectivity index (χ3n) is 2.20. The van der Waals surface area contributed by atoms with Crippen molar-refractivity contribution in [1.29, 1.82) is 0 Å². The van der Waals surface area contributed by atoms with Gasteiger partial charge in [0.15, 0.2) is 0 Å². The van der Waals surface area contributed by atoms with Gasteiger partial charge >= 0.3 is 0 Å². The second-order valence-corrected chi connectivity index (χ2v) is 4.85. The molecule has 0 atom stereocenters. The minimum Gasteiger partial charge on any atom is -0.492 e. The average Bonchev–Trinajstić information content (AvgIpc) is 2.35. The molecule has 5 heteroatoms. The first-order valence-corrected chi connectivity index (χ1v) is 6.74. The van der Waals surface area contributed by atoms with E-state index in [9.17, 15) is 0 Å². The zero-order valence-electron chi connectivity index (χ0n) is 10.2. The van der Waals surface area contributed by atoms with Crippen molar-refractivity contribution in [1.82, 2.24) is 0 Å². The first kappa shape index (κ1) is 15.5. The van der Waals surface area contributed by atoms with E-state index in [1.54, 1.807) is 19.3 Å². The molecule has 0 aromatic heterocycles. The van der Waals surface area contributed by atoms with Gasteiger partial charge in [0.05, 0.1) is 18.2 Å². The number of aliphatic hydroxyl groups is 1. The zero-order valence-corrected chi connectivity index (χ0v) is 12.5. The zero-order chi connectivity index (χ0) is 13.4. The largest absolute Gasteiger partial charge is 0.492 e. The quantitative estimate of drug-likeness (QED) is 0.775. The van der Waals surface area contributed by atoms with Crippen LogP contribution in [-0.2, 0) is 4.74 Å². The molecule has 0 aliphatic carbocycles. The summed E-state index contributed by atoms with van der Waals surface area (Å²) in [6.07, 6.45) is 4.27. The predicted molar refractivity (Wildman–Crippen MR) is 77.3 cm³/mol. The van der Waals surface area contributed by atoms with E-state index in [1.807, 2.05) is 12.1 Å². The van der Waals surface area contributed by atoms with Crippen LogP contribution >= 0.6 is 27.5 Å². The first-order valence-electron chi connectivity index (χ1n) is 5.57. The highest BCUT2D eigenvalue weighted by Gasteiger charge is 2.06. The Morgan fingerprint density at radius 2 is 2.17 bits per heavy atom. The fraction of sp³-hybridized carbons (Fsp3) is 0.385. The molecule has 0 saturated carbocycles. The van der Waals surface area contributed by atoms with E-state index >= 15 is 0 Å². The maximum atomic E-state index is 8.77. The van der Waals surface area contributed by atoms with Crippen molar-refractivity contribution < 1.29 is 14.6 Å². The van der Waals surface area contributed by atoms with Crippen molar-refractivity contribution in [2.75, 3.05) is 26.9 Å². The van der Waals surface area contributed by atoms with Gasteiger partial charge in [0, 0.05) is 24.6 Å². The van der Waals surface area contributed by atoms with E-state index in [1.165, 1.54) is 0 Å². The molecule has 0 unspecified atom stereocenters. The summed E-state index contributed by atoms with van der Waals surface area (Å²) in [6.45, 7) is 1.21. The summed E-state index contributed by atoms with van der Waals surface area (Å²) in [5.41, 5.74) is 0.912. The molecule has 0 bridgehead atoms. The Hall–Kier alpha value is -0.550. The molecular formula is C13H16BrClO3. The highest BCUT2D eigenvalue weighted by Crippen LogP contribution is 2.32. The summed E-state index contributed by atoms with van der Waals surface area (Å²) in [4.78, 5) is 0. The third kappa shape index (κ3) is 4.98. The molecule has 0 heterocycles. The number of benzene rings is 1. The molecule has 0 fully saturated rings. The van der Waals surface area contributed by atoms with Crippen molar-refractivity contribution in [2.45, 2.75) is 6.42 Å². The van der Waals surface area contributed by atoms with Gasteiger partial charge in [-0.3, -0.25) is 0 Å². The number of ether oxygens (including phenoxy) is 2. The monoisotopic (exact) mass is 334 g/mol. The molecule has 100 valence electrons. The van der Waals surface area contributed by atoms with Crippen LogP contribution in [0.1, 0.15) is 12.0 Å². The van der Waals surface area contributed by atoms with Gasteiger partial charge in [-0.2, -0.15) is 0 Å². The van der Waals surface area contributed by atoms with Gasteiger partial charge < -0.3 is 14.6 Å². The predicted octanol–water partition coefficient (Wildman–Crippen LogP) is 3.52. The van der Waals surface area contributed by atoms with Crippen molar-refractivity contribution in [3.05, 3.63) is 33.3 Å². The van der Waals surface area contributed by atoms with E-state index in [2.05, 4.69) is 15.9 Å². The smallest absolute Gasteiger partial charge is 0.138 e. The number of methoxy groups -OCH3 is 1. The molecule has 1 aromatic carbocycles. The second-order valence-electron chi connectivity index (χ2n) is 3.58. The van der Waals surface area contributed by atoms with Crippen LogP contribution in [0.4, 0.5) is 0 Å². The second kappa shape index (κ2) is 8.53. The standard InChI is InChI=1S/C13H16BrClO3/c1-17-6-3-7-18-13-8-10(4-2-5-16)11(14)9-12(13)15/h2,4,8-9,16H,3,5-7H2,1H3. The fourth-order valence-electron chi connectivity index (χ4n) is 1.35. The Morgan fingerprint density at radius 1 is 1.39 bits per heavy atom. The minimum absolute atomic E-state index is 0.000897. The summed E-state index contributed by atoms with van der Waals surface area (Å²) in [5.74, 6) is 0.633. The Kier molecular flexibility index (Phi) is 7.35. The van der Waals surface area contributed by atoms with E-state index in [-0.39, 0.29) is 6.61 Å². The van der Waals surface area contributed by atoms with Gasteiger partial charge in [-0.05, 0) is 17.7 Å². The van der Waals surface area contributed by atoms with Gasteiger partial charge in [-0.1, -0.05) is 39.7 Å². The van der Waals surface area contributed by atoms with Crippen LogP contribution in [0.3, 0.4) is 0 Å². The molecule has 1 rings (SSSR count). The normalized spacial score (nSPS) is 11.1. The number of hydrogen-bond acceptors (Lipinski definition) is 3. The Morgan fingerprint density at radius 3 is 2.83 bits per heavy atom. The molecular weight excluding hydrogens is 319 g/mol. The Bertz CT molecular complexity index is 407. The van der Waals surface area contributed by atoms with Crippen LogP contribution in [0.5, 0.6) is 5.75 Å². The lowest BCUT2D eigenvalue weighted by molar-refractivity contribution is 0.172. The van der Waals surface area contributed by atoms with Crippen LogP contribution in [0.15, 0.2) is 22.7 Å². The number of rotatable bonds is 7. The summed E-state index contributed by atoms with van der Waals surface area (Å²) < 4.78 is 11.4. The van der Waals surface area contributed by atoms with E-state index in [4.69, 9.17) is 26.2 Å². The maximum Gasteiger partial charge on any atom is 0.138 e. The van der Waals surface area contributed by atoms with E-state index < -0.39 is 0 Å². The van der Waals surface area contributed by atoms with Crippen LogP contribution < -0.4 is 4.74 Å². The van der Waals surface area contributed by atoms with Crippen molar-refractivity contribution >= 4 is 33.6 Å². The van der Waals surface area contributed by atoms with Crippen molar-refractivity contribution in [2.24, 2.45) is 0 Å². The summed E-state index contributed by atoms with van der Waals surface area (Å²) in [5, 5.41) is 9.33. The lowest BCUT2D eigenvalue weighted by atomic mass is 10.2. The first-order chi connectivity index (χ1) is 8.69. The molecule has 0 radical (unpaired) electrons. The molecule has 1 aromatic rings. The van der Waals surface area contributed by atoms with Gasteiger partial charge in [0.2, 0.25) is 0 Å². The SMILES string of the molecule is COCCCOc1cc(C=CCO)c(Br)cc1Cl. The van der Waals surface area contributed by atoms with Gasteiger partial charge in [0.25, 0.3) is 0 Å². The fourth-order valence-corrected chi connectivity index (χ4v) is 2.17. The molecule has 0 aliphatic rings. The molecule has 1 N–H and O–H groups in total. The van der Waals surface area contributed by atoms with Crippen molar-refractivity contribution in [3.63, 3.8) is 0 Å². The molecule has 0 spiro atoms. The Balaban J connectivity index is 2.74. The summed E-state index contributed by atoms with van der Waals surface area (Å²) in [6, 6.07) is 3.62. The number of halogens is 2. The van der Waals surface area contributed by atoms with Gasteiger partial charge in [0.1, 0.15) is 5.75 Å². The average molecular weight is 336 g/mol. The van der Waals surface area contributed by atoms with E-state index in [0.717, 1.165) is 16.5 Å². The molecule has 0 aliphatic heterocycles. The van der Waals surface area contributed by atoms with Crippen LogP contribution in [-0.4, -0.2) is 32.0 Å². The lowest BCUT2D eigenvalue weighted by Gasteiger charge is -2.10. The van der Waals surface area contributed by atoms with Crippen molar-refractivity contribution in [3.8, 4) is 5.75 Å². The summed E-state index contributed by atoms with van der Waals surface area (Å²) >= 11 is 9.50. The molecule has 18 heavy (non-hydrogen) atoms. The van der Waals surface area contributed by atoms with Gasteiger partial charge in [-0.15, -0.1) is 0 Å². The number of hydrogen-bond donors (Lipinski definition) is 1. The summed E-state index contributed by atoms with van der Waals surface area (Å²) in [7, 11) is 1.66. The van der Waals surface area contributed by atoms with Crippen LogP contribution in [0, 0.1) is 0 Å². The highest BCUT2D eigenvalue weighted by atomic mass is 79.9. The molecule has 3 nitrogen and oxygen atoms in total. The number of aliphatic hydroxyl groups excluding tert-OH is 1. The maximum absolute atomic E-state index is 8.77. The lowest BCUT2D eigenvalue weighted by Crippen LogP contribution is -2.02. The van der Waals surface area contributed by atoms with Crippen LogP contribution in [0.2, 0.25) is 5.02 Å². The van der Waals surface area contributed by atoms with E-state index in [0.29, 0.717) is 24.0 Å². The molecule has 0 amide bonds. The highest BCUT2D eigenvalue weighted by molar-refractivity contribution is 9.10. The van der Waals surface area contributed by atoms with Crippen LogP contribution in [0.25, 0.3) is 6.08 Å². The minimum atomic E-state index is -0.000897.